The second-order valence-corrected chi connectivity index (χ2v) is 4.02. The van der Waals surface area contributed by atoms with Gasteiger partial charge in [-0.05, 0) is 19.7 Å². The minimum atomic E-state index is 0. The largest absolute Gasteiger partial charge is 1.00 e. The third-order valence-corrected chi connectivity index (χ3v) is 2.70. The molecule has 0 rings (SSSR count). The van der Waals surface area contributed by atoms with Gasteiger partial charge in [-0.2, -0.15) is 0 Å². The molecule has 0 atom stereocenters. The average Bonchev–Trinajstić information content (AvgIpc) is 1.37. The van der Waals surface area contributed by atoms with Crippen molar-refractivity contribution in [2.24, 2.45) is 0 Å². The van der Waals surface area contributed by atoms with E-state index in [1.54, 1.807) is 0 Å². The molecule has 0 saturated heterocycles. The Morgan fingerprint density at radius 3 is 1.40 bits per heavy atom. The third kappa shape index (κ3) is 10.7. The SMILES string of the molecule is SSSS.[H-].[Li+]. The smallest absolute Gasteiger partial charge is 1.00 e. The Labute approximate surface area is 62.9 Å². The van der Waals surface area contributed by atoms with Crippen LogP contribution in [0.4, 0.5) is 0 Å². The molecule has 0 spiro atoms. The molecule has 0 aliphatic carbocycles. The minimum Gasteiger partial charge on any atom is -1.00 e. The molecule has 0 bridgehead atoms. The molecule has 0 N–H and O–H groups in total. The molecule has 0 aromatic carbocycles. The van der Waals surface area contributed by atoms with Crippen LogP contribution in [-0.2, 0) is 0 Å². The molecule has 0 aromatic heterocycles. The molecule has 28 valence electrons. The molecule has 0 heterocycles. The third-order valence-electron chi connectivity index (χ3n) is 0.0333. The van der Waals surface area contributed by atoms with Crippen molar-refractivity contribution in [2.45, 2.75) is 0 Å². The summed E-state index contributed by atoms with van der Waals surface area (Å²) < 4.78 is 0. The van der Waals surface area contributed by atoms with E-state index in [1.165, 1.54) is 19.7 Å². The molecule has 5 heavy (non-hydrogen) atoms. The monoisotopic (exact) mass is 138 g/mol. The quantitative estimate of drug-likeness (QED) is 0.276. The van der Waals surface area contributed by atoms with Crippen LogP contribution < -0.4 is 18.9 Å². The summed E-state index contributed by atoms with van der Waals surface area (Å²) in [6, 6.07) is 0. The van der Waals surface area contributed by atoms with E-state index >= 15 is 0 Å². The summed E-state index contributed by atoms with van der Waals surface area (Å²) in [6.45, 7) is 0. The fourth-order valence-corrected chi connectivity index (χ4v) is 0. The second kappa shape index (κ2) is 9.37. The van der Waals surface area contributed by atoms with Gasteiger partial charge in [-0.1, -0.05) is 23.3 Å². The fraction of sp³-hybridized carbons (Fsp3) is 0. The van der Waals surface area contributed by atoms with Gasteiger partial charge in [0, 0.05) is 0 Å². The van der Waals surface area contributed by atoms with E-state index < -0.39 is 0 Å². The van der Waals surface area contributed by atoms with Gasteiger partial charge in [0.2, 0.25) is 0 Å². The Hall–Kier alpha value is 2.00. The van der Waals surface area contributed by atoms with Gasteiger partial charge in [0.15, 0.2) is 0 Å². The number of rotatable bonds is 1. The number of thiol groups is 2. The number of hydrogen-bond acceptors (Lipinski definition) is 4. The van der Waals surface area contributed by atoms with Crippen LogP contribution in [-0.4, -0.2) is 0 Å². The second-order valence-electron chi connectivity index (χ2n) is 0.149. The molecular formula is H3LiS4. The van der Waals surface area contributed by atoms with Crippen molar-refractivity contribution in [2.75, 3.05) is 0 Å². The zero-order valence-electron chi connectivity index (χ0n) is 3.71. The van der Waals surface area contributed by atoms with Crippen molar-refractivity contribution in [1.82, 2.24) is 0 Å². The first-order chi connectivity index (χ1) is 1.91. The summed E-state index contributed by atoms with van der Waals surface area (Å²) in [6.07, 6.45) is 0. The summed E-state index contributed by atoms with van der Waals surface area (Å²) in [5.41, 5.74) is 0. The van der Waals surface area contributed by atoms with Crippen LogP contribution in [0.2, 0.25) is 0 Å². The molecule has 0 aliphatic rings. The number of hydrogen-bond donors (Lipinski definition) is 2. The van der Waals surface area contributed by atoms with Gasteiger partial charge in [-0.3, -0.25) is 0 Å². The van der Waals surface area contributed by atoms with Gasteiger partial charge < -0.3 is 1.43 Å². The van der Waals surface area contributed by atoms with Crippen molar-refractivity contribution < 1.29 is 20.3 Å². The van der Waals surface area contributed by atoms with E-state index in [0.717, 1.165) is 0 Å². The van der Waals surface area contributed by atoms with Gasteiger partial charge in [0.1, 0.15) is 0 Å². The normalized spacial score (nSPS) is 6.00. The topological polar surface area (TPSA) is 0 Å². The summed E-state index contributed by atoms with van der Waals surface area (Å²) in [5.74, 6) is 0. The Bertz CT molecular complexity index is 9.51. The molecule has 0 nitrogen and oxygen atoms in total. The molecule has 0 unspecified atom stereocenters. The Morgan fingerprint density at radius 1 is 1.20 bits per heavy atom. The van der Waals surface area contributed by atoms with Crippen LogP contribution in [0.3, 0.4) is 0 Å². The van der Waals surface area contributed by atoms with Gasteiger partial charge in [-0.25, -0.2) is 0 Å². The van der Waals surface area contributed by atoms with Crippen LogP contribution in [0, 0.1) is 0 Å². The zero-order chi connectivity index (χ0) is 3.41. The van der Waals surface area contributed by atoms with Crippen molar-refractivity contribution >= 4 is 43.0 Å². The molecular weight excluding hydrogens is 135 g/mol. The van der Waals surface area contributed by atoms with E-state index in [4.69, 9.17) is 0 Å². The van der Waals surface area contributed by atoms with E-state index in [1.807, 2.05) is 0 Å². The maximum absolute atomic E-state index is 3.72. The summed E-state index contributed by atoms with van der Waals surface area (Å²) >= 11 is 7.45. The molecule has 0 saturated carbocycles. The van der Waals surface area contributed by atoms with E-state index in [0.29, 0.717) is 0 Å². The first-order valence-electron chi connectivity index (χ1n) is 0.532. The Morgan fingerprint density at radius 2 is 1.40 bits per heavy atom. The summed E-state index contributed by atoms with van der Waals surface area (Å²) in [4.78, 5) is 0. The van der Waals surface area contributed by atoms with Crippen LogP contribution in [0.15, 0.2) is 0 Å². The first-order valence-corrected chi connectivity index (χ1v) is 4.79. The summed E-state index contributed by atoms with van der Waals surface area (Å²) in [7, 11) is 2.66. The molecule has 5 heteroatoms. The van der Waals surface area contributed by atoms with E-state index in [-0.39, 0.29) is 20.3 Å². The molecule has 0 fully saturated rings. The van der Waals surface area contributed by atoms with Crippen molar-refractivity contribution in [1.29, 1.82) is 0 Å². The minimum absolute atomic E-state index is 0. The summed E-state index contributed by atoms with van der Waals surface area (Å²) in [5, 5.41) is 0. The maximum atomic E-state index is 3.72. The van der Waals surface area contributed by atoms with Crippen LogP contribution in [0.1, 0.15) is 1.43 Å². The van der Waals surface area contributed by atoms with E-state index in [9.17, 15) is 0 Å². The average molecular weight is 138 g/mol. The fourth-order valence-electron chi connectivity index (χ4n) is 0. The van der Waals surface area contributed by atoms with Crippen molar-refractivity contribution in [3.63, 3.8) is 0 Å². The zero-order valence-corrected chi connectivity index (χ0v) is 6.13. The van der Waals surface area contributed by atoms with E-state index in [2.05, 4.69) is 23.3 Å². The van der Waals surface area contributed by atoms with Gasteiger partial charge in [0.25, 0.3) is 0 Å². The standard InChI is InChI=1S/Li.H2S4.H/c;1-3-4-2;/h;1-2H;/q+1;;-1. The maximum Gasteiger partial charge on any atom is 1.00 e. The van der Waals surface area contributed by atoms with Crippen molar-refractivity contribution in [3.05, 3.63) is 0 Å². The molecule has 0 aromatic rings. The van der Waals surface area contributed by atoms with Crippen LogP contribution in [0.5, 0.6) is 0 Å². The van der Waals surface area contributed by atoms with Crippen LogP contribution >= 0.6 is 43.0 Å². The molecule has 0 aliphatic heterocycles. The first kappa shape index (κ1) is 10.1. The van der Waals surface area contributed by atoms with Gasteiger partial charge >= 0.3 is 18.9 Å². The molecule has 0 amide bonds. The predicted molar refractivity (Wildman–Crippen MR) is 34.3 cm³/mol. The van der Waals surface area contributed by atoms with Crippen molar-refractivity contribution in [3.8, 4) is 0 Å². The van der Waals surface area contributed by atoms with Gasteiger partial charge in [-0.15, -0.1) is 0 Å². The van der Waals surface area contributed by atoms with Crippen LogP contribution in [0.25, 0.3) is 0 Å². The molecule has 0 radical (unpaired) electrons. The Balaban J connectivity index is -0.0000000450. The predicted octanol–water partition coefficient (Wildman–Crippen LogP) is -0.826. The Kier molecular flexibility index (Phi) is 18.9. The van der Waals surface area contributed by atoms with Gasteiger partial charge in [0.05, 0.1) is 0 Å².